The van der Waals surface area contributed by atoms with Crippen LogP contribution < -0.4 is 5.32 Å². The highest BCUT2D eigenvalue weighted by Crippen LogP contribution is 2.25. The summed E-state index contributed by atoms with van der Waals surface area (Å²) in [5.41, 5.74) is 0. The van der Waals surface area contributed by atoms with Crippen molar-refractivity contribution in [3.8, 4) is 0 Å². The second kappa shape index (κ2) is 8.18. The Kier molecular flexibility index (Phi) is 6.89. The van der Waals surface area contributed by atoms with Gasteiger partial charge in [0.1, 0.15) is 6.04 Å². The number of carbonyl (C=O) groups is 2. The van der Waals surface area contributed by atoms with Crippen LogP contribution in [-0.4, -0.2) is 23.0 Å². The molecule has 1 aliphatic carbocycles. The summed E-state index contributed by atoms with van der Waals surface area (Å²) in [5, 5.41) is 11.8. The third-order valence-corrected chi connectivity index (χ3v) is 3.79. The molecule has 0 aromatic carbocycles. The van der Waals surface area contributed by atoms with Gasteiger partial charge in [-0.2, -0.15) is 0 Å². The lowest BCUT2D eigenvalue weighted by atomic mass is 9.96. The minimum Gasteiger partial charge on any atom is -0.480 e. The van der Waals surface area contributed by atoms with E-state index in [1.54, 1.807) is 0 Å². The van der Waals surface area contributed by atoms with Crippen LogP contribution in [0.4, 0.5) is 0 Å². The average molecular weight is 269 g/mol. The van der Waals surface area contributed by atoms with Crippen LogP contribution in [0.1, 0.15) is 65.2 Å². The Morgan fingerprint density at radius 3 is 2.21 bits per heavy atom. The number of carboxylic acids is 1. The summed E-state index contributed by atoms with van der Waals surface area (Å²) in [7, 11) is 0. The van der Waals surface area contributed by atoms with Crippen LogP contribution in [0.2, 0.25) is 0 Å². The van der Waals surface area contributed by atoms with Gasteiger partial charge in [-0.1, -0.05) is 39.5 Å². The van der Waals surface area contributed by atoms with Crippen molar-refractivity contribution in [2.24, 2.45) is 11.8 Å². The molecule has 0 aromatic heterocycles. The van der Waals surface area contributed by atoms with Gasteiger partial charge in [-0.25, -0.2) is 4.79 Å². The van der Waals surface area contributed by atoms with E-state index < -0.39 is 12.0 Å². The molecule has 0 spiro atoms. The molecule has 1 rings (SSSR count). The van der Waals surface area contributed by atoms with Gasteiger partial charge in [0.2, 0.25) is 5.91 Å². The van der Waals surface area contributed by atoms with E-state index in [0.29, 0.717) is 18.8 Å². The number of nitrogens with one attached hydrogen (secondary N) is 1. The minimum atomic E-state index is -0.928. The highest BCUT2D eigenvalue weighted by atomic mass is 16.4. The molecule has 0 aromatic rings. The quantitative estimate of drug-likeness (QED) is 0.728. The van der Waals surface area contributed by atoms with Crippen molar-refractivity contribution < 1.29 is 14.7 Å². The molecule has 1 amide bonds. The monoisotopic (exact) mass is 269 g/mol. The molecule has 0 saturated heterocycles. The van der Waals surface area contributed by atoms with Crippen LogP contribution in [0, 0.1) is 11.8 Å². The van der Waals surface area contributed by atoms with Crippen molar-refractivity contribution in [2.45, 2.75) is 71.3 Å². The van der Waals surface area contributed by atoms with Crippen molar-refractivity contribution in [3.63, 3.8) is 0 Å². The summed E-state index contributed by atoms with van der Waals surface area (Å²) in [6.07, 6.45) is 8.13. The molecule has 0 radical (unpaired) electrons. The van der Waals surface area contributed by atoms with Gasteiger partial charge in [0.15, 0.2) is 0 Å². The number of hydrogen-bond acceptors (Lipinski definition) is 2. The van der Waals surface area contributed by atoms with E-state index in [9.17, 15) is 9.59 Å². The first-order valence-electron chi connectivity index (χ1n) is 7.51. The van der Waals surface area contributed by atoms with E-state index in [1.807, 2.05) is 13.8 Å². The molecule has 1 atom stereocenters. The Labute approximate surface area is 116 Å². The summed E-state index contributed by atoms with van der Waals surface area (Å²) < 4.78 is 0. The standard InChI is InChI=1S/C15H27NO3/c1-11(2)9-13(15(18)19)16-14(17)10-12-7-5-3-4-6-8-12/h11-13H,3-10H2,1-2H3,(H,16,17)(H,18,19). The van der Waals surface area contributed by atoms with E-state index in [0.717, 1.165) is 12.8 Å². The molecule has 2 N–H and O–H groups in total. The molecular weight excluding hydrogens is 242 g/mol. The van der Waals surface area contributed by atoms with Crippen molar-refractivity contribution >= 4 is 11.9 Å². The van der Waals surface area contributed by atoms with Crippen molar-refractivity contribution in [1.82, 2.24) is 5.32 Å². The zero-order chi connectivity index (χ0) is 14.3. The molecule has 4 nitrogen and oxygen atoms in total. The third kappa shape index (κ3) is 6.60. The van der Waals surface area contributed by atoms with Gasteiger partial charge in [-0.3, -0.25) is 4.79 Å². The van der Waals surface area contributed by atoms with Gasteiger partial charge in [0.25, 0.3) is 0 Å². The molecule has 0 bridgehead atoms. The largest absolute Gasteiger partial charge is 0.480 e. The van der Waals surface area contributed by atoms with E-state index in [1.165, 1.54) is 25.7 Å². The van der Waals surface area contributed by atoms with E-state index in [4.69, 9.17) is 5.11 Å². The van der Waals surface area contributed by atoms with Crippen molar-refractivity contribution in [1.29, 1.82) is 0 Å². The highest BCUT2D eigenvalue weighted by molar-refractivity contribution is 5.83. The fourth-order valence-electron chi connectivity index (χ4n) is 2.78. The number of aliphatic carboxylic acids is 1. The molecule has 0 heterocycles. The lowest BCUT2D eigenvalue weighted by Crippen LogP contribution is -2.42. The number of amides is 1. The number of carbonyl (C=O) groups excluding carboxylic acids is 1. The summed E-state index contributed by atoms with van der Waals surface area (Å²) in [6.45, 7) is 3.93. The summed E-state index contributed by atoms with van der Waals surface area (Å²) in [5.74, 6) is -0.321. The Bertz CT molecular complexity index is 294. The first kappa shape index (κ1) is 16.0. The topological polar surface area (TPSA) is 66.4 Å². The maximum atomic E-state index is 11.9. The van der Waals surface area contributed by atoms with Gasteiger partial charge in [0, 0.05) is 6.42 Å². The fourth-order valence-corrected chi connectivity index (χ4v) is 2.78. The van der Waals surface area contributed by atoms with Gasteiger partial charge < -0.3 is 10.4 Å². The number of hydrogen-bond donors (Lipinski definition) is 2. The predicted molar refractivity (Wildman–Crippen MR) is 74.8 cm³/mol. The van der Waals surface area contributed by atoms with Crippen molar-refractivity contribution in [3.05, 3.63) is 0 Å². The van der Waals surface area contributed by atoms with Gasteiger partial charge >= 0.3 is 5.97 Å². The summed E-state index contributed by atoms with van der Waals surface area (Å²) >= 11 is 0. The lowest BCUT2D eigenvalue weighted by molar-refractivity contribution is -0.142. The molecule has 19 heavy (non-hydrogen) atoms. The van der Waals surface area contributed by atoms with Gasteiger partial charge in [0.05, 0.1) is 0 Å². The molecule has 0 aliphatic heterocycles. The van der Waals surface area contributed by atoms with Crippen LogP contribution >= 0.6 is 0 Å². The molecule has 1 saturated carbocycles. The molecule has 110 valence electrons. The minimum absolute atomic E-state index is 0.0973. The molecule has 1 unspecified atom stereocenters. The zero-order valence-electron chi connectivity index (χ0n) is 12.2. The van der Waals surface area contributed by atoms with Gasteiger partial charge in [-0.05, 0) is 31.1 Å². The van der Waals surface area contributed by atoms with E-state index in [2.05, 4.69) is 5.32 Å². The Morgan fingerprint density at radius 1 is 1.16 bits per heavy atom. The average Bonchev–Trinajstić information content (AvgIpc) is 2.56. The highest BCUT2D eigenvalue weighted by Gasteiger charge is 2.23. The second-order valence-electron chi connectivity index (χ2n) is 6.15. The van der Waals surface area contributed by atoms with Crippen LogP contribution in [0.3, 0.4) is 0 Å². The Balaban J connectivity index is 2.40. The van der Waals surface area contributed by atoms with Crippen LogP contribution in [0.25, 0.3) is 0 Å². The van der Waals surface area contributed by atoms with Crippen LogP contribution in [-0.2, 0) is 9.59 Å². The maximum absolute atomic E-state index is 11.9. The zero-order valence-corrected chi connectivity index (χ0v) is 12.2. The number of carboxylic acid groups (broad SMARTS) is 1. The SMILES string of the molecule is CC(C)CC(NC(=O)CC1CCCCCC1)C(=O)O. The van der Waals surface area contributed by atoms with E-state index in [-0.39, 0.29) is 11.8 Å². The van der Waals surface area contributed by atoms with Crippen molar-refractivity contribution in [2.75, 3.05) is 0 Å². The first-order valence-corrected chi connectivity index (χ1v) is 7.51. The third-order valence-electron chi connectivity index (χ3n) is 3.79. The normalized spacial score (nSPS) is 18.9. The smallest absolute Gasteiger partial charge is 0.326 e. The van der Waals surface area contributed by atoms with Crippen LogP contribution in [0.15, 0.2) is 0 Å². The molecular formula is C15H27NO3. The molecule has 1 fully saturated rings. The summed E-state index contributed by atoms with van der Waals surface area (Å²) in [4.78, 5) is 23.0. The van der Waals surface area contributed by atoms with E-state index >= 15 is 0 Å². The lowest BCUT2D eigenvalue weighted by Gasteiger charge is -2.19. The molecule has 1 aliphatic rings. The first-order chi connectivity index (χ1) is 8.99. The molecule has 4 heteroatoms. The second-order valence-corrected chi connectivity index (χ2v) is 6.15. The Hall–Kier alpha value is -1.06. The fraction of sp³-hybridized carbons (Fsp3) is 0.867. The predicted octanol–water partition coefficient (Wildman–Crippen LogP) is 2.96. The Morgan fingerprint density at radius 2 is 1.74 bits per heavy atom. The maximum Gasteiger partial charge on any atom is 0.326 e. The number of rotatable bonds is 6. The van der Waals surface area contributed by atoms with Crippen LogP contribution in [0.5, 0.6) is 0 Å². The summed E-state index contributed by atoms with van der Waals surface area (Å²) in [6, 6.07) is -0.738. The van der Waals surface area contributed by atoms with Gasteiger partial charge in [-0.15, -0.1) is 0 Å².